The average Bonchev–Trinajstić information content (AvgIpc) is 3.11. The summed E-state index contributed by atoms with van der Waals surface area (Å²) < 4.78 is 16.1. The number of nitrogens with zero attached hydrogens (tertiary/aromatic N) is 2. The molecule has 1 aliphatic rings. The lowest BCUT2D eigenvalue weighted by molar-refractivity contribution is -0.128. The number of hydrogen-bond acceptors (Lipinski definition) is 7. The van der Waals surface area contributed by atoms with Crippen molar-refractivity contribution in [2.75, 3.05) is 39.3 Å². The molecule has 1 fully saturated rings. The van der Waals surface area contributed by atoms with Crippen molar-refractivity contribution >= 4 is 40.1 Å². The highest BCUT2D eigenvalue weighted by Crippen LogP contribution is 2.35. The predicted molar refractivity (Wildman–Crippen MR) is 131 cm³/mol. The van der Waals surface area contributed by atoms with Gasteiger partial charge in [0.05, 0.1) is 19.9 Å². The molecule has 3 rings (SSSR count). The van der Waals surface area contributed by atoms with E-state index in [0.717, 1.165) is 0 Å². The summed E-state index contributed by atoms with van der Waals surface area (Å²) >= 11 is 1.29. The third-order valence-corrected chi connectivity index (χ3v) is 6.12. The van der Waals surface area contributed by atoms with Gasteiger partial charge in [0.15, 0.2) is 5.17 Å². The van der Waals surface area contributed by atoms with E-state index in [9.17, 15) is 9.59 Å². The number of benzene rings is 2. The minimum Gasteiger partial charge on any atom is -0.495 e. The number of hydrogen-bond donors (Lipinski definition) is 1. The molecule has 1 N–H and O–H groups in total. The predicted octanol–water partition coefficient (Wildman–Crippen LogP) is 4.09. The van der Waals surface area contributed by atoms with Crippen LogP contribution in [-0.4, -0.2) is 61.1 Å². The summed E-state index contributed by atoms with van der Waals surface area (Å²) in [7, 11) is 3.12. The van der Waals surface area contributed by atoms with Gasteiger partial charge in [-0.25, -0.2) is 4.99 Å². The first-order valence-electron chi connectivity index (χ1n) is 10.8. The van der Waals surface area contributed by atoms with Crippen LogP contribution in [0.2, 0.25) is 0 Å². The van der Waals surface area contributed by atoms with Crippen molar-refractivity contribution < 1.29 is 23.8 Å². The molecule has 2 aromatic rings. The molecular formula is C24H29N3O5S. The Morgan fingerprint density at radius 2 is 1.79 bits per heavy atom. The fourth-order valence-electron chi connectivity index (χ4n) is 3.34. The first-order chi connectivity index (χ1) is 16.1. The molecule has 0 spiro atoms. The number of methoxy groups -OCH3 is 2. The van der Waals surface area contributed by atoms with E-state index >= 15 is 0 Å². The molecule has 0 bridgehead atoms. The van der Waals surface area contributed by atoms with E-state index in [0.29, 0.717) is 54.2 Å². The van der Waals surface area contributed by atoms with Gasteiger partial charge in [-0.2, -0.15) is 0 Å². The second-order valence-corrected chi connectivity index (χ2v) is 8.34. The number of ether oxygens (including phenoxy) is 3. The maximum absolute atomic E-state index is 13.2. The van der Waals surface area contributed by atoms with Crippen LogP contribution in [0.5, 0.6) is 11.5 Å². The standard InChI is InChI=1S/C24H29N3O5S/c1-4-32-15-9-14-27-23(29)21(16-22(28)25-17-10-5-7-12-19(17)30-2)33-24(27)26-18-11-6-8-13-20(18)31-3/h5-8,10-13,21H,4,9,14-16H2,1-3H3,(H,25,28). The zero-order valence-corrected chi connectivity index (χ0v) is 19.9. The van der Waals surface area contributed by atoms with Crippen LogP contribution in [0.1, 0.15) is 19.8 Å². The molecule has 9 heteroatoms. The van der Waals surface area contributed by atoms with Gasteiger partial charge < -0.3 is 19.5 Å². The number of carbonyl (C=O) groups excluding carboxylic acids is 2. The van der Waals surface area contributed by atoms with Crippen molar-refractivity contribution in [1.82, 2.24) is 4.90 Å². The summed E-state index contributed by atoms with van der Waals surface area (Å²) in [5, 5.41) is 2.82. The molecule has 176 valence electrons. The van der Waals surface area contributed by atoms with Gasteiger partial charge in [0, 0.05) is 26.2 Å². The van der Waals surface area contributed by atoms with Gasteiger partial charge in [-0.1, -0.05) is 36.0 Å². The van der Waals surface area contributed by atoms with Gasteiger partial charge in [0.2, 0.25) is 11.8 Å². The second-order valence-electron chi connectivity index (χ2n) is 7.17. The van der Waals surface area contributed by atoms with Crippen molar-refractivity contribution in [1.29, 1.82) is 0 Å². The van der Waals surface area contributed by atoms with Crippen LogP contribution in [0.3, 0.4) is 0 Å². The van der Waals surface area contributed by atoms with Crippen LogP contribution in [0, 0.1) is 0 Å². The van der Waals surface area contributed by atoms with Crippen LogP contribution >= 0.6 is 11.8 Å². The largest absolute Gasteiger partial charge is 0.495 e. The first kappa shape index (κ1) is 24.6. The molecule has 8 nitrogen and oxygen atoms in total. The fourth-order valence-corrected chi connectivity index (χ4v) is 4.52. The topological polar surface area (TPSA) is 89.5 Å². The Hall–Kier alpha value is -3.04. The zero-order chi connectivity index (χ0) is 23.6. The molecule has 2 amide bonds. The lowest BCUT2D eigenvalue weighted by Crippen LogP contribution is -2.34. The number of amides is 2. The molecule has 0 radical (unpaired) electrons. The van der Waals surface area contributed by atoms with Crippen LogP contribution in [-0.2, 0) is 14.3 Å². The van der Waals surface area contributed by atoms with Crippen LogP contribution in [0.25, 0.3) is 0 Å². The second kappa shape index (κ2) is 12.3. The minimum absolute atomic E-state index is 0.0223. The summed E-state index contributed by atoms with van der Waals surface area (Å²) in [6.07, 6.45) is 0.694. The van der Waals surface area contributed by atoms with Crippen molar-refractivity contribution in [3.8, 4) is 11.5 Å². The van der Waals surface area contributed by atoms with Gasteiger partial charge in [-0.05, 0) is 37.6 Å². The van der Waals surface area contributed by atoms with E-state index in [1.165, 1.54) is 11.8 Å². The number of para-hydroxylation sites is 4. The molecular weight excluding hydrogens is 442 g/mol. The third-order valence-electron chi connectivity index (χ3n) is 4.95. The van der Waals surface area contributed by atoms with Crippen LogP contribution in [0.4, 0.5) is 11.4 Å². The molecule has 0 saturated carbocycles. The molecule has 2 aromatic carbocycles. The quantitative estimate of drug-likeness (QED) is 0.497. The number of rotatable bonds is 11. The number of carbonyl (C=O) groups is 2. The van der Waals surface area contributed by atoms with Gasteiger partial charge in [0.25, 0.3) is 0 Å². The molecule has 1 heterocycles. The Bertz CT molecular complexity index is 998. The number of thioether (sulfide) groups is 1. The van der Waals surface area contributed by atoms with Gasteiger partial charge in [-0.3, -0.25) is 14.5 Å². The Kier molecular flexibility index (Phi) is 9.14. The molecule has 1 unspecified atom stereocenters. The SMILES string of the molecule is CCOCCCN1C(=O)C(CC(=O)Nc2ccccc2OC)SC1=Nc1ccccc1OC. The Labute approximate surface area is 198 Å². The maximum Gasteiger partial charge on any atom is 0.242 e. The van der Waals surface area contributed by atoms with E-state index in [-0.39, 0.29) is 18.2 Å². The monoisotopic (exact) mass is 471 g/mol. The average molecular weight is 472 g/mol. The molecule has 1 atom stereocenters. The van der Waals surface area contributed by atoms with E-state index in [1.807, 2.05) is 43.3 Å². The lowest BCUT2D eigenvalue weighted by atomic mass is 10.2. The maximum atomic E-state index is 13.2. The number of nitrogens with one attached hydrogen (secondary N) is 1. The minimum atomic E-state index is -0.569. The van der Waals surface area contributed by atoms with Crippen molar-refractivity contribution in [3.05, 3.63) is 48.5 Å². The highest BCUT2D eigenvalue weighted by molar-refractivity contribution is 8.15. The van der Waals surface area contributed by atoms with Crippen molar-refractivity contribution in [3.63, 3.8) is 0 Å². The fraction of sp³-hybridized carbons (Fsp3) is 0.375. The van der Waals surface area contributed by atoms with Crippen molar-refractivity contribution in [2.24, 2.45) is 4.99 Å². The molecule has 0 aromatic heterocycles. The Morgan fingerprint density at radius 3 is 2.52 bits per heavy atom. The van der Waals surface area contributed by atoms with E-state index in [4.69, 9.17) is 19.2 Å². The van der Waals surface area contributed by atoms with Gasteiger partial charge in [0.1, 0.15) is 22.4 Å². The lowest BCUT2D eigenvalue weighted by Gasteiger charge is -2.17. The Morgan fingerprint density at radius 1 is 1.09 bits per heavy atom. The first-order valence-corrected chi connectivity index (χ1v) is 11.7. The smallest absolute Gasteiger partial charge is 0.242 e. The Balaban J connectivity index is 1.76. The number of aliphatic imine (C=N–C) groups is 1. The van der Waals surface area contributed by atoms with E-state index in [2.05, 4.69) is 5.32 Å². The highest BCUT2D eigenvalue weighted by Gasteiger charge is 2.39. The number of amidine groups is 1. The highest BCUT2D eigenvalue weighted by atomic mass is 32.2. The summed E-state index contributed by atoms with van der Waals surface area (Å²) in [6, 6.07) is 14.5. The van der Waals surface area contributed by atoms with Crippen molar-refractivity contribution in [2.45, 2.75) is 25.0 Å². The number of anilines is 1. The molecule has 0 aliphatic carbocycles. The zero-order valence-electron chi connectivity index (χ0n) is 19.1. The van der Waals surface area contributed by atoms with Crippen LogP contribution in [0.15, 0.2) is 53.5 Å². The van der Waals surface area contributed by atoms with E-state index in [1.54, 1.807) is 31.3 Å². The summed E-state index contributed by atoms with van der Waals surface area (Å²) in [5.74, 6) is 0.774. The molecule has 33 heavy (non-hydrogen) atoms. The third kappa shape index (κ3) is 6.49. The van der Waals surface area contributed by atoms with Gasteiger partial charge >= 0.3 is 0 Å². The summed E-state index contributed by atoms with van der Waals surface area (Å²) in [5.41, 5.74) is 1.20. The summed E-state index contributed by atoms with van der Waals surface area (Å²) in [4.78, 5) is 32.2. The van der Waals surface area contributed by atoms with Gasteiger partial charge in [-0.15, -0.1) is 0 Å². The summed E-state index contributed by atoms with van der Waals surface area (Å²) in [6.45, 7) is 3.56. The molecule has 1 saturated heterocycles. The van der Waals surface area contributed by atoms with E-state index < -0.39 is 5.25 Å². The normalized spacial score (nSPS) is 16.8. The molecule has 1 aliphatic heterocycles. The van der Waals surface area contributed by atoms with Crippen LogP contribution < -0.4 is 14.8 Å².